The van der Waals surface area contributed by atoms with Crippen molar-refractivity contribution in [2.75, 3.05) is 51.0 Å². The van der Waals surface area contributed by atoms with Gasteiger partial charge in [-0.1, -0.05) is 41.4 Å². The third kappa shape index (κ3) is 6.03. The number of benzene rings is 2. The molecule has 0 bridgehead atoms. The molecule has 2 aromatic carbocycles. The zero-order chi connectivity index (χ0) is 26.4. The summed E-state index contributed by atoms with van der Waals surface area (Å²) in [4.78, 5) is 45.0. The average Bonchev–Trinajstić information content (AvgIpc) is 3.15. The van der Waals surface area contributed by atoms with E-state index in [-0.39, 0.29) is 24.3 Å². The third-order valence-corrected chi connectivity index (χ3v) is 7.50. The van der Waals surface area contributed by atoms with Crippen molar-refractivity contribution < 1.29 is 19.1 Å². The molecule has 2 aliphatic rings. The summed E-state index contributed by atoms with van der Waals surface area (Å²) in [5.41, 5.74) is 0.482. The van der Waals surface area contributed by atoms with Crippen LogP contribution in [0.5, 0.6) is 0 Å². The first-order valence-electron chi connectivity index (χ1n) is 12.6. The van der Waals surface area contributed by atoms with Gasteiger partial charge in [0.1, 0.15) is 12.1 Å². The van der Waals surface area contributed by atoms with Crippen molar-refractivity contribution in [2.45, 2.75) is 31.7 Å². The monoisotopic (exact) mass is 546 g/mol. The van der Waals surface area contributed by atoms with Gasteiger partial charge >= 0.3 is 0 Å². The standard InChI is InChI=1S/C27H32Cl2N4O4/c1-2-37-16-6-13-30-24(34)18-32-19-33(21-7-4-3-5-8-21)27(26(32)36)11-14-31(15-12-27)25(35)22-10-9-20(28)17-23(22)29/h3-5,7-10,17H,2,6,11-16,18-19H2,1H3,(H,30,34). The maximum atomic E-state index is 13.8. The number of hydrogen-bond acceptors (Lipinski definition) is 5. The van der Waals surface area contributed by atoms with Crippen LogP contribution in [0.25, 0.3) is 0 Å². The Morgan fingerprint density at radius 3 is 2.49 bits per heavy atom. The number of likely N-dealkylation sites (tertiary alicyclic amines) is 1. The fourth-order valence-corrected chi connectivity index (χ4v) is 5.50. The summed E-state index contributed by atoms with van der Waals surface area (Å²) in [6.07, 6.45) is 1.61. The lowest BCUT2D eigenvalue weighted by molar-refractivity contribution is -0.137. The van der Waals surface area contributed by atoms with Crippen LogP contribution in [0.4, 0.5) is 5.69 Å². The predicted octanol–water partition coefficient (Wildman–Crippen LogP) is 3.82. The van der Waals surface area contributed by atoms with E-state index in [0.717, 1.165) is 12.1 Å². The highest BCUT2D eigenvalue weighted by atomic mass is 35.5. The Labute approximate surface area is 227 Å². The molecule has 0 aromatic heterocycles. The zero-order valence-corrected chi connectivity index (χ0v) is 22.4. The molecule has 0 radical (unpaired) electrons. The van der Waals surface area contributed by atoms with Gasteiger partial charge in [0.25, 0.3) is 11.8 Å². The van der Waals surface area contributed by atoms with Crippen LogP contribution >= 0.6 is 23.2 Å². The van der Waals surface area contributed by atoms with Crippen molar-refractivity contribution in [3.05, 3.63) is 64.1 Å². The molecule has 2 aromatic rings. The molecule has 0 saturated carbocycles. The van der Waals surface area contributed by atoms with E-state index >= 15 is 0 Å². The molecule has 37 heavy (non-hydrogen) atoms. The first-order valence-corrected chi connectivity index (χ1v) is 13.3. The second-order valence-corrected chi connectivity index (χ2v) is 10.1. The number of carbonyl (C=O) groups excluding carboxylic acids is 3. The summed E-state index contributed by atoms with van der Waals surface area (Å²) in [6.45, 7) is 4.74. The molecule has 1 N–H and O–H groups in total. The maximum Gasteiger partial charge on any atom is 0.255 e. The van der Waals surface area contributed by atoms with E-state index in [1.54, 1.807) is 28.0 Å². The Balaban J connectivity index is 1.47. The van der Waals surface area contributed by atoms with Gasteiger partial charge < -0.3 is 24.8 Å². The van der Waals surface area contributed by atoms with Crippen molar-refractivity contribution in [3.8, 4) is 0 Å². The van der Waals surface area contributed by atoms with Gasteiger partial charge in [-0.3, -0.25) is 14.4 Å². The van der Waals surface area contributed by atoms with E-state index in [4.69, 9.17) is 27.9 Å². The quantitative estimate of drug-likeness (QED) is 0.483. The molecule has 2 fully saturated rings. The molecule has 198 valence electrons. The molecule has 3 amide bonds. The van der Waals surface area contributed by atoms with Crippen molar-refractivity contribution in [2.24, 2.45) is 0 Å². The highest BCUT2D eigenvalue weighted by molar-refractivity contribution is 6.36. The van der Waals surface area contributed by atoms with E-state index in [0.29, 0.717) is 68.0 Å². The predicted molar refractivity (Wildman–Crippen MR) is 144 cm³/mol. The molecular formula is C27H32Cl2N4O4. The molecule has 4 rings (SSSR count). The molecule has 0 unspecified atom stereocenters. The average molecular weight is 547 g/mol. The molecule has 2 saturated heterocycles. The molecule has 2 aliphatic heterocycles. The fourth-order valence-electron chi connectivity index (χ4n) is 5.01. The minimum Gasteiger partial charge on any atom is -0.382 e. The normalized spacial score (nSPS) is 16.9. The first kappa shape index (κ1) is 27.2. The van der Waals surface area contributed by atoms with E-state index in [2.05, 4.69) is 10.2 Å². The number of nitrogens with one attached hydrogen (secondary N) is 1. The minimum atomic E-state index is -0.822. The Morgan fingerprint density at radius 2 is 1.81 bits per heavy atom. The summed E-state index contributed by atoms with van der Waals surface area (Å²) < 4.78 is 5.31. The van der Waals surface area contributed by atoms with Gasteiger partial charge in [0, 0.05) is 43.6 Å². The van der Waals surface area contributed by atoms with Gasteiger partial charge in [0.2, 0.25) is 5.91 Å². The van der Waals surface area contributed by atoms with Crippen molar-refractivity contribution in [1.82, 2.24) is 15.1 Å². The largest absolute Gasteiger partial charge is 0.382 e. The van der Waals surface area contributed by atoms with Crippen LogP contribution in [0.15, 0.2) is 48.5 Å². The van der Waals surface area contributed by atoms with Crippen LogP contribution in [-0.4, -0.2) is 79.1 Å². The maximum absolute atomic E-state index is 13.8. The lowest BCUT2D eigenvalue weighted by atomic mass is 9.85. The number of piperidine rings is 1. The second kappa shape index (κ2) is 12.2. The fraction of sp³-hybridized carbons (Fsp3) is 0.444. The number of anilines is 1. The van der Waals surface area contributed by atoms with Crippen LogP contribution in [0.1, 0.15) is 36.5 Å². The second-order valence-electron chi connectivity index (χ2n) is 9.26. The highest BCUT2D eigenvalue weighted by Crippen LogP contribution is 2.40. The number of para-hydroxylation sites is 1. The van der Waals surface area contributed by atoms with E-state index in [9.17, 15) is 14.4 Å². The summed E-state index contributed by atoms with van der Waals surface area (Å²) >= 11 is 12.3. The Bertz CT molecular complexity index is 1120. The van der Waals surface area contributed by atoms with Gasteiger partial charge in [0.15, 0.2) is 0 Å². The summed E-state index contributed by atoms with van der Waals surface area (Å²) in [5.74, 6) is -0.464. The molecule has 10 heteroatoms. The van der Waals surface area contributed by atoms with Crippen LogP contribution in [0.3, 0.4) is 0 Å². The summed E-state index contributed by atoms with van der Waals surface area (Å²) in [5, 5.41) is 3.65. The van der Waals surface area contributed by atoms with Gasteiger partial charge in [-0.2, -0.15) is 0 Å². The van der Waals surface area contributed by atoms with Crippen LogP contribution < -0.4 is 10.2 Å². The van der Waals surface area contributed by atoms with Crippen molar-refractivity contribution in [3.63, 3.8) is 0 Å². The molecule has 1 spiro atoms. The van der Waals surface area contributed by atoms with Crippen LogP contribution in [-0.2, 0) is 14.3 Å². The molecule has 2 heterocycles. The molecule has 0 atom stereocenters. The molecular weight excluding hydrogens is 515 g/mol. The van der Waals surface area contributed by atoms with Crippen LogP contribution in [0, 0.1) is 0 Å². The topological polar surface area (TPSA) is 82.2 Å². The van der Waals surface area contributed by atoms with E-state index in [1.807, 2.05) is 37.3 Å². The third-order valence-electron chi connectivity index (χ3n) is 6.95. The van der Waals surface area contributed by atoms with Gasteiger partial charge in [0.05, 0.1) is 17.3 Å². The Kier molecular flexibility index (Phi) is 8.95. The SMILES string of the molecule is CCOCCCNC(=O)CN1CN(c2ccccc2)C2(CCN(C(=O)c3ccc(Cl)cc3Cl)CC2)C1=O. The van der Waals surface area contributed by atoms with Gasteiger partial charge in [-0.05, 0) is 56.5 Å². The lowest BCUT2D eigenvalue weighted by Gasteiger charge is -2.43. The minimum absolute atomic E-state index is 0.0123. The number of carbonyl (C=O) groups is 3. The van der Waals surface area contributed by atoms with E-state index in [1.165, 1.54) is 0 Å². The van der Waals surface area contributed by atoms with E-state index < -0.39 is 5.54 Å². The Morgan fingerprint density at radius 1 is 1.08 bits per heavy atom. The Hall–Kier alpha value is -2.81. The van der Waals surface area contributed by atoms with Crippen molar-refractivity contribution in [1.29, 1.82) is 0 Å². The van der Waals surface area contributed by atoms with Gasteiger partial charge in [-0.25, -0.2) is 0 Å². The summed E-state index contributed by atoms with van der Waals surface area (Å²) in [6, 6.07) is 14.6. The highest BCUT2D eigenvalue weighted by Gasteiger charge is 2.54. The van der Waals surface area contributed by atoms with Crippen LogP contribution in [0.2, 0.25) is 10.0 Å². The van der Waals surface area contributed by atoms with Gasteiger partial charge in [-0.15, -0.1) is 0 Å². The number of halogens is 2. The number of amides is 3. The summed E-state index contributed by atoms with van der Waals surface area (Å²) in [7, 11) is 0. The number of ether oxygens (including phenoxy) is 1. The first-order chi connectivity index (χ1) is 17.9. The number of nitrogens with zero attached hydrogens (tertiary/aromatic N) is 3. The zero-order valence-electron chi connectivity index (χ0n) is 20.9. The number of hydrogen-bond donors (Lipinski definition) is 1. The molecule has 0 aliphatic carbocycles. The molecule has 8 nitrogen and oxygen atoms in total. The smallest absolute Gasteiger partial charge is 0.255 e. The van der Waals surface area contributed by atoms with Crippen molar-refractivity contribution >= 4 is 46.6 Å². The number of rotatable bonds is 9. The lowest BCUT2D eigenvalue weighted by Crippen LogP contribution is -2.57.